The van der Waals surface area contributed by atoms with Crippen LogP contribution in [0, 0.1) is 0 Å². The average molecular weight is 1030 g/mol. The molecule has 15 nitrogen and oxygen atoms in total. The van der Waals surface area contributed by atoms with Gasteiger partial charge in [-0.25, -0.2) is 9.13 Å². The third kappa shape index (κ3) is 49.9. The van der Waals surface area contributed by atoms with Gasteiger partial charge in [-0.05, 0) is 96.3 Å². The predicted octanol–water partition coefficient (Wildman–Crippen LogP) is 12.3. The van der Waals surface area contributed by atoms with Gasteiger partial charge in [-0.3, -0.25) is 27.7 Å². The molecule has 0 rings (SSSR count). The first kappa shape index (κ1) is 67.0. The molecule has 17 heteroatoms. The predicted molar refractivity (Wildman–Crippen MR) is 279 cm³/mol. The maximum atomic E-state index is 12.2. The zero-order valence-corrected chi connectivity index (χ0v) is 44.2. The number of hydrogen-bond donors (Lipinski definition) is 5. The lowest BCUT2D eigenvalue weighted by molar-refractivity contribution is -0.148. The highest BCUT2D eigenvalue weighted by molar-refractivity contribution is 7.47. The van der Waals surface area contributed by atoms with Gasteiger partial charge in [0.2, 0.25) is 0 Å². The van der Waals surface area contributed by atoms with Crippen LogP contribution in [0.1, 0.15) is 168 Å². The minimum atomic E-state index is -4.80. The SMILES string of the molecule is CC/C=C\C/C=C\C/C=C\C/C=C\C/C=C\CCCCCC(=O)OCC(O)COP(=O)(O)OCC(O)COP(=O)(O)OCC(O)COC(=O)CCCCCCCC/C=C\C/C=C\C/C=C\CCCCC. The number of aliphatic hydroxyl groups is 3. The molecule has 0 bridgehead atoms. The van der Waals surface area contributed by atoms with Gasteiger partial charge in [-0.15, -0.1) is 0 Å². The van der Waals surface area contributed by atoms with Crippen molar-refractivity contribution in [3.63, 3.8) is 0 Å². The van der Waals surface area contributed by atoms with E-state index in [0.29, 0.717) is 12.8 Å². The van der Waals surface area contributed by atoms with Crippen molar-refractivity contribution in [3.8, 4) is 0 Å². The quantitative estimate of drug-likeness (QED) is 0.0165. The fourth-order valence-corrected chi connectivity index (χ4v) is 7.66. The Morgan fingerprint density at radius 1 is 0.386 bits per heavy atom. The molecule has 0 aromatic rings. The summed E-state index contributed by atoms with van der Waals surface area (Å²) >= 11 is 0. The Morgan fingerprint density at radius 3 is 1.00 bits per heavy atom. The number of aliphatic hydroxyl groups excluding tert-OH is 3. The minimum absolute atomic E-state index is 0.152. The fraction of sp³-hybridized carbons (Fsp3) is 0.660. The second kappa shape index (κ2) is 48.2. The van der Waals surface area contributed by atoms with Crippen LogP contribution in [0.3, 0.4) is 0 Å². The Bertz CT molecular complexity index is 1620. The second-order valence-corrected chi connectivity index (χ2v) is 19.7. The van der Waals surface area contributed by atoms with Crippen LogP contribution in [0.2, 0.25) is 0 Å². The van der Waals surface area contributed by atoms with Crippen molar-refractivity contribution in [1.29, 1.82) is 0 Å². The summed E-state index contributed by atoms with van der Waals surface area (Å²) in [5.41, 5.74) is 0. The third-order valence-electron chi connectivity index (χ3n) is 10.0. The van der Waals surface area contributed by atoms with E-state index < -0.39 is 85.5 Å². The molecule has 0 aliphatic carbocycles. The van der Waals surface area contributed by atoms with Gasteiger partial charge in [0.15, 0.2) is 0 Å². The Labute approximate surface area is 420 Å². The van der Waals surface area contributed by atoms with E-state index in [-0.39, 0.29) is 12.8 Å². The molecule has 0 aliphatic heterocycles. The van der Waals surface area contributed by atoms with E-state index in [0.717, 1.165) is 103 Å². The number of allylic oxidation sites excluding steroid dienone is 16. The van der Waals surface area contributed by atoms with Crippen molar-refractivity contribution in [2.45, 2.75) is 186 Å². The normalized spacial score (nSPS) is 15.7. The highest BCUT2D eigenvalue weighted by atomic mass is 31.2. The number of rotatable bonds is 48. The summed E-state index contributed by atoms with van der Waals surface area (Å²) in [5.74, 6) is -1.04. The first-order valence-electron chi connectivity index (χ1n) is 25.6. The van der Waals surface area contributed by atoms with Crippen LogP contribution in [0.4, 0.5) is 0 Å². The molecule has 70 heavy (non-hydrogen) atoms. The molecule has 402 valence electrons. The largest absolute Gasteiger partial charge is 0.472 e. The second-order valence-electron chi connectivity index (χ2n) is 16.8. The van der Waals surface area contributed by atoms with E-state index in [4.69, 9.17) is 9.47 Å². The Hall–Kier alpha value is -3.04. The summed E-state index contributed by atoms with van der Waals surface area (Å²) in [6.07, 6.45) is 52.4. The van der Waals surface area contributed by atoms with Crippen molar-refractivity contribution < 1.29 is 71.4 Å². The summed E-state index contributed by atoms with van der Waals surface area (Å²) in [6, 6.07) is 0. The van der Waals surface area contributed by atoms with E-state index in [2.05, 4.69) is 129 Å². The van der Waals surface area contributed by atoms with E-state index in [9.17, 15) is 43.8 Å². The van der Waals surface area contributed by atoms with Crippen LogP contribution in [0.15, 0.2) is 97.2 Å². The summed E-state index contributed by atoms with van der Waals surface area (Å²) in [6.45, 7) is 0.209. The number of phosphoric acid groups is 2. The molecule has 0 aliphatic rings. The smallest absolute Gasteiger partial charge is 0.463 e. The molecule has 0 saturated carbocycles. The molecule has 0 spiro atoms. The van der Waals surface area contributed by atoms with Crippen molar-refractivity contribution >= 4 is 27.6 Å². The molecule has 0 amide bonds. The highest BCUT2D eigenvalue weighted by Crippen LogP contribution is 2.45. The van der Waals surface area contributed by atoms with Crippen LogP contribution < -0.4 is 0 Å². The van der Waals surface area contributed by atoms with Crippen molar-refractivity contribution in [2.75, 3.05) is 39.6 Å². The van der Waals surface area contributed by atoms with Gasteiger partial charge >= 0.3 is 27.6 Å². The number of esters is 2. The van der Waals surface area contributed by atoms with E-state index in [1.807, 2.05) is 0 Å². The lowest BCUT2D eigenvalue weighted by Crippen LogP contribution is -2.25. The van der Waals surface area contributed by atoms with Crippen LogP contribution in [0.5, 0.6) is 0 Å². The minimum Gasteiger partial charge on any atom is -0.463 e. The Balaban J connectivity index is 3.93. The number of carbonyl (C=O) groups excluding carboxylic acids is 2. The van der Waals surface area contributed by atoms with Crippen LogP contribution in [-0.2, 0) is 46.3 Å². The number of carbonyl (C=O) groups is 2. The van der Waals surface area contributed by atoms with Crippen molar-refractivity contribution in [3.05, 3.63) is 97.2 Å². The molecule has 0 saturated heterocycles. The van der Waals surface area contributed by atoms with Crippen LogP contribution in [-0.4, -0.2) is 95.0 Å². The maximum absolute atomic E-state index is 12.2. The van der Waals surface area contributed by atoms with E-state index >= 15 is 0 Å². The van der Waals surface area contributed by atoms with E-state index in [1.165, 1.54) is 25.7 Å². The number of phosphoric ester groups is 2. The summed E-state index contributed by atoms with van der Waals surface area (Å²) < 4.78 is 53.0. The average Bonchev–Trinajstić information content (AvgIpc) is 3.34. The topological polar surface area (TPSA) is 225 Å². The molecular formula is C53H90O15P2. The molecule has 5 atom stereocenters. The number of hydrogen-bond acceptors (Lipinski definition) is 13. The van der Waals surface area contributed by atoms with Gasteiger partial charge in [0.05, 0.1) is 26.4 Å². The summed E-state index contributed by atoms with van der Waals surface area (Å²) in [5, 5.41) is 30.1. The maximum Gasteiger partial charge on any atom is 0.472 e. The molecule has 0 fully saturated rings. The molecular weight excluding hydrogens is 939 g/mol. The molecule has 0 aromatic heterocycles. The number of unbranched alkanes of at least 4 members (excludes halogenated alkanes) is 12. The lowest BCUT2D eigenvalue weighted by atomic mass is 10.1. The van der Waals surface area contributed by atoms with Crippen molar-refractivity contribution in [2.24, 2.45) is 0 Å². The zero-order valence-electron chi connectivity index (χ0n) is 42.4. The van der Waals surface area contributed by atoms with Gasteiger partial charge < -0.3 is 34.6 Å². The highest BCUT2D eigenvalue weighted by Gasteiger charge is 2.28. The monoisotopic (exact) mass is 1030 g/mol. The first-order valence-corrected chi connectivity index (χ1v) is 28.6. The van der Waals surface area contributed by atoms with E-state index in [1.54, 1.807) is 0 Å². The van der Waals surface area contributed by atoms with Gasteiger partial charge in [0.1, 0.15) is 31.5 Å². The number of ether oxygens (including phenoxy) is 2. The third-order valence-corrected chi connectivity index (χ3v) is 11.9. The van der Waals surface area contributed by atoms with Gasteiger partial charge in [0.25, 0.3) is 0 Å². The summed E-state index contributed by atoms with van der Waals surface area (Å²) in [4.78, 5) is 43.8. The van der Waals surface area contributed by atoms with Gasteiger partial charge in [-0.1, -0.05) is 156 Å². The Morgan fingerprint density at radius 2 is 0.657 bits per heavy atom. The lowest BCUT2D eigenvalue weighted by Gasteiger charge is -2.19. The van der Waals surface area contributed by atoms with Crippen LogP contribution in [0.25, 0.3) is 0 Å². The molecule has 0 radical (unpaired) electrons. The fourth-order valence-electron chi connectivity index (χ4n) is 6.07. The van der Waals surface area contributed by atoms with Crippen molar-refractivity contribution in [1.82, 2.24) is 0 Å². The summed E-state index contributed by atoms with van der Waals surface area (Å²) in [7, 11) is -9.60. The van der Waals surface area contributed by atoms with Gasteiger partial charge in [0, 0.05) is 12.8 Å². The molecule has 5 N–H and O–H groups in total. The molecule has 5 unspecified atom stereocenters. The zero-order chi connectivity index (χ0) is 51.7. The van der Waals surface area contributed by atoms with Gasteiger partial charge in [-0.2, -0.15) is 0 Å². The Kier molecular flexibility index (Phi) is 46.1. The van der Waals surface area contributed by atoms with Crippen LogP contribution >= 0.6 is 15.6 Å². The first-order chi connectivity index (χ1) is 33.8. The standard InChI is InChI=1S/C53H90O15P2/c1-3-5-7-9-11-13-15-17-19-21-23-25-27-29-31-33-35-37-39-41-52(57)63-43-49(54)45-65-69(59,60)67-47-51(56)48-68-70(61,62)66-46-50(55)44-64-53(58)42-40-38-36-34-32-30-28-26-24-22-20-18-16-14-12-10-8-6-4-2/h5,7,11-14,17-20,23-26,29,31,49-51,54-56H,3-4,6,8-10,15-16,21-22,27-28,30,32-48H2,1-2H3,(H,59,60)(H,61,62)/b7-5-,13-11-,14-12-,19-17-,20-18-,25-23-,26-24-,31-29-. The molecule has 0 heterocycles. The molecule has 0 aromatic carbocycles.